The van der Waals surface area contributed by atoms with Gasteiger partial charge < -0.3 is 9.47 Å². The molecule has 0 unspecified atom stereocenters. The van der Waals surface area contributed by atoms with E-state index in [9.17, 15) is 5.26 Å². The summed E-state index contributed by atoms with van der Waals surface area (Å²) >= 11 is 1.53. The largest absolute Gasteiger partial charge is 0.454 e. The first kappa shape index (κ1) is 14.0. The zero-order chi connectivity index (χ0) is 16.0. The molecule has 116 valence electrons. The number of fused-ring (bicyclic) bond motifs is 2. The third-order valence-corrected chi connectivity index (χ3v) is 4.51. The van der Waals surface area contributed by atoms with Crippen LogP contribution in [0.15, 0.2) is 18.2 Å². The number of hydrogen-bond donors (Lipinski definition) is 0. The fourth-order valence-corrected chi connectivity index (χ4v) is 3.67. The highest BCUT2D eigenvalue weighted by Crippen LogP contribution is 2.37. The van der Waals surface area contributed by atoms with Crippen LogP contribution in [0.1, 0.15) is 24.5 Å². The van der Waals surface area contributed by atoms with Crippen molar-refractivity contribution in [1.82, 2.24) is 14.6 Å². The standard InChI is InChI=1S/C16H14N4O2S/c1-9(2)5-14-19-20-11(7-17)15(18-16(20)23-14)10-3-4-12-13(6-10)22-8-21-12/h3-4,6,9H,5,8H2,1-2H3. The number of nitriles is 1. The fourth-order valence-electron chi connectivity index (χ4n) is 2.57. The molecule has 1 aliphatic heterocycles. The maximum atomic E-state index is 9.55. The molecule has 0 radical (unpaired) electrons. The molecule has 0 fully saturated rings. The van der Waals surface area contributed by atoms with Gasteiger partial charge in [-0.25, -0.2) is 4.98 Å². The maximum Gasteiger partial charge on any atom is 0.231 e. The highest BCUT2D eigenvalue weighted by molar-refractivity contribution is 7.16. The zero-order valence-electron chi connectivity index (χ0n) is 12.7. The molecule has 0 aliphatic carbocycles. The summed E-state index contributed by atoms with van der Waals surface area (Å²) in [4.78, 5) is 5.35. The van der Waals surface area contributed by atoms with Gasteiger partial charge in [0.25, 0.3) is 0 Å². The summed E-state index contributed by atoms with van der Waals surface area (Å²) in [6.45, 7) is 4.52. The highest BCUT2D eigenvalue weighted by atomic mass is 32.1. The second-order valence-corrected chi connectivity index (χ2v) is 6.82. The summed E-state index contributed by atoms with van der Waals surface area (Å²) < 4.78 is 12.4. The van der Waals surface area contributed by atoms with Gasteiger partial charge in [-0.15, -0.1) is 0 Å². The van der Waals surface area contributed by atoms with Crippen LogP contribution in [-0.2, 0) is 6.42 Å². The van der Waals surface area contributed by atoms with Crippen LogP contribution in [0.2, 0.25) is 0 Å². The van der Waals surface area contributed by atoms with Crippen LogP contribution in [0.25, 0.3) is 16.2 Å². The number of benzene rings is 1. The Hall–Kier alpha value is -2.59. The molecule has 4 rings (SSSR count). The Labute approximate surface area is 136 Å². The van der Waals surface area contributed by atoms with E-state index in [2.05, 4.69) is 30.0 Å². The smallest absolute Gasteiger partial charge is 0.231 e. The summed E-state index contributed by atoms with van der Waals surface area (Å²) in [5.41, 5.74) is 1.90. The third kappa shape index (κ3) is 2.32. The molecule has 0 saturated carbocycles. The molecule has 0 bridgehead atoms. The Morgan fingerprint density at radius 2 is 2.17 bits per heavy atom. The number of imidazole rings is 1. The van der Waals surface area contributed by atoms with Crippen molar-refractivity contribution in [3.8, 4) is 28.8 Å². The molecule has 0 N–H and O–H groups in total. The van der Waals surface area contributed by atoms with Crippen molar-refractivity contribution in [1.29, 1.82) is 5.26 Å². The predicted octanol–water partition coefficient (Wildman–Crippen LogP) is 3.26. The average Bonchev–Trinajstić information content (AvgIpc) is 3.18. The topological polar surface area (TPSA) is 72.4 Å². The molecule has 7 heteroatoms. The van der Waals surface area contributed by atoms with Crippen LogP contribution in [0.3, 0.4) is 0 Å². The van der Waals surface area contributed by atoms with Gasteiger partial charge in [-0.05, 0) is 24.1 Å². The lowest BCUT2D eigenvalue weighted by Gasteiger charge is -2.01. The molecule has 3 aromatic rings. The predicted molar refractivity (Wildman–Crippen MR) is 85.7 cm³/mol. The van der Waals surface area contributed by atoms with Gasteiger partial charge in [0.05, 0.1) is 0 Å². The van der Waals surface area contributed by atoms with Crippen LogP contribution < -0.4 is 9.47 Å². The Morgan fingerprint density at radius 1 is 1.35 bits per heavy atom. The van der Waals surface area contributed by atoms with Gasteiger partial charge in [-0.1, -0.05) is 25.2 Å². The molecule has 1 aromatic carbocycles. The van der Waals surface area contributed by atoms with Crippen molar-refractivity contribution >= 4 is 16.3 Å². The maximum absolute atomic E-state index is 9.55. The molecule has 23 heavy (non-hydrogen) atoms. The van der Waals surface area contributed by atoms with Crippen molar-refractivity contribution in [2.24, 2.45) is 5.92 Å². The summed E-state index contributed by atoms with van der Waals surface area (Å²) in [6.07, 6.45) is 0.887. The van der Waals surface area contributed by atoms with Gasteiger partial charge in [0.2, 0.25) is 11.8 Å². The van der Waals surface area contributed by atoms with E-state index >= 15 is 0 Å². The Bertz CT molecular complexity index is 936. The minimum Gasteiger partial charge on any atom is -0.454 e. The van der Waals surface area contributed by atoms with Gasteiger partial charge >= 0.3 is 0 Å². The molecule has 1 aliphatic rings. The zero-order valence-corrected chi connectivity index (χ0v) is 13.6. The van der Waals surface area contributed by atoms with Crippen LogP contribution in [-0.4, -0.2) is 21.4 Å². The van der Waals surface area contributed by atoms with E-state index in [1.807, 2.05) is 18.2 Å². The quantitative estimate of drug-likeness (QED) is 0.738. The van der Waals surface area contributed by atoms with E-state index in [-0.39, 0.29) is 6.79 Å². The highest BCUT2D eigenvalue weighted by Gasteiger charge is 2.21. The van der Waals surface area contributed by atoms with Crippen molar-refractivity contribution in [2.75, 3.05) is 6.79 Å². The van der Waals surface area contributed by atoms with Gasteiger partial charge in [0.1, 0.15) is 16.8 Å². The van der Waals surface area contributed by atoms with E-state index in [4.69, 9.17) is 9.47 Å². The van der Waals surface area contributed by atoms with Crippen molar-refractivity contribution < 1.29 is 9.47 Å². The van der Waals surface area contributed by atoms with Crippen LogP contribution >= 0.6 is 11.3 Å². The molecule has 0 amide bonds. The molecule has 0 saturated heterocycles. The Balaban J connectivity index is 1.81. The second-order valence-electron chi connectivity index (χ2n) is 5.78. The van der Waals surface area contributed by atoms with Gasteiger partial charge in [-0.2, -0.15) is 14.9 Å². The lowest BCUT2D eigenvalue weighted by Crippen LogP contribution is -1.96. The average molecular weight is 326 g/mol. The Morgan fingerprint density at radius 3 is 2.96 bits per heavy atom. The number of nitrogens with zero attached hydrogens (tertiary/aromatic N) is 4. The van der Waals surface area contributed by atoms with Crippen LogP contribution in [0, 0.1) is 17.2 Å². The van der Waals surface area contributed by atoms with E-state index in [0.29, 0.717) is 28.8 Å². The first-order valence-corrected chi connectivity index (χ1v) is 8.16. The summed E-state index contributed by atoms with van der Waals surface area (Å²) in [5, 5.41) is 15.1. The number of rotatable bonds is 3. The minimum atomic E-state index is 0.224. The SMILES string of the molecule is CC(C)Cc1nn2c(C#N)c(-c3ccc4c(c3)OCO4)nc2s1. The molecule has 0 spiro atoms. The fraction of sp³-hybridized carbons (Fsp3) is 0.312. The lowest BCUT2D eigenvalue weighted by atomic mass is 10.1. The van der Waals surface area contributed by atoms with E-state index in [0.717, 1.165) is 22.0 Å². The minimum absolute atomic E-state index is 0.224. The molecule has 3 heterocycles. The number of aromatic nitrogens is 3. The molecule has 6 nitrogen and oxygen atoms in total. The summed E-state index contributed by atoms with van der Waals surface area (Å²) in [5.74, 6) is 1.91. The van der Waals surface area contributed by atoms with Gasteiger partial charge in [0.15, 0.2) is 17.2 Å². The van der Waals surface area contributed by atoms with E-state index < -0.39 is 0 Å². The van der Waals surface area contributed by atoms with Gasteiger partial charge in [0, 0.05) is 12.0 Å². The number of hydrogen-bond acceptors (Lipinski definition) is 6. The summed E-state index contributed by atoms with van der Waals surface area (Å²) in [7, 11) is 0. The van der Waals surface area contributed by atoms with Crippen molar-refractivity contribution in [3.63, 3.8) is 0 Å². The van der Waals surface area contributed by atoms with Crippen molar-refractivity contribution in [2.45, 2.75) is 20.3 Å². The molecular formula is C16H14N4O2S. The lowest BCUT2D eigenvalue weighted by molar-refractivity contribution is 0.174. The third-order valence-electron chi connectivity index (χ3n) is 3.58. The van der Waals surface area contributed by atoms with Crippen LogP contribution in [0.4, 0.5) is 0 Å². The van der Waals surface area contributed by atoms with Gasteiger partial charge in [-0.3, -0.25) is 0 Å². The van der Waals surface area contributed by atoms with E-state index in [1.165, 1.54) is 11.3 Å². The normalized spacial score (nSPS) is 13.0. The Kier molecular flexibility index (Phi) is 3.20. The monoisotopic (exact) mass is 326 g/mol. The molecule has 0 atom stereocenters. The summed E-state index contributed by atoms with van der Waals surface area (Å²) in [6, 6.07) is 7.80. The van der Waals surface area contributed by atoms with E-state index in [1.54, 1.807) is 4.52 Å². The van der Waals surface area contributed by atoms with Crippen molar-refractivity contribution in [3.05, 3.63) is 28.9 Å². The molecule has 2 aromatic heterocycles. The van der Waals surface area contributed by atoms with Crippen LogP contribution in [0.5, 0.6) is 11.5 Å². The first-order valence-electron chi connectivity index (χ1n) is 7.34. The number of ether oxygens (including phenoxy) is 2. The molecular weight excluding hydrogens is 312 g/mol. The first-order chi connectivity index (χ1) is 11.2. The second kappa shape index (κ2) is 5.25.